The second-order valence-corrected chi connectivity index (χ2v) is 10.6. The summed E-state index contributed by atoms with van der Waals surface area (Å²) >= 11 is -0.826. The van der Waals surface area contributed by atoms with Crippen molar-refractivity contribution >= 4 is 23.2 Å². The van der Waals surface area contributed by atoms with Gasteiger partial charge >= 0.3 is 37.9 Å². The van der Waals surface area contributed by atoms with Crippen molar-refractivity contribution in [2.75, 3.05) is 0 Å². The number of hydrogen-bond donors (Lipinski definition) is 1. The Labute approximate surface area is 169 Å². The molecule has 0 saturated heterocycles. The summed E-state index contributed by atoms with van der Waals surface area (Å²) in [5.74, 6) is 0.351. The molecular formula is C20H23Cl2NOZr. The predicted molar refractivity (Wildman–Crippen MR) is 104 cm³/mol. The van der Waals surface area contributed by atoms with E-state index in [9.17, 15) is 5.11 Å². The summed E-state index contributed by atoms with van der Waals surface area (Å²) in [7, 11) is 9.87. The maximum atomic E-state index is 10.8. The second kappa shape index (κ2) is 9.35. The Morgan fingerprint density at radius 2 is 1.76 bits per heavy atom. The van der Waals surface area contributed by atoms with Crippen molar-refractivity contribution in [3.63, 3.8) is 0 Å². The molecule has 0 amide bonds. The number of phenols is 1. The van der Waals surface area contributed by atoms with Gasteiger partial charge in [-0.25, -0.2) is 0 Å². The molecule has 5 heteroatoms. The van der Waals surface area contributed by atoms with Crippen LogP contribution in [0.1, 0.15) is 48.9 Å². The molecule has 25 heavy (non-hydrogen) atoms. The zero-order valence-corrected chi connectivity index (χ0v) is 18.7. The van der Waals surface area contributed by atoms with Gasteiger partial charge in [0.05, 0.1) is 6.04 Å². The molecule has 2 aromatic rings. The third-order valence-electron chi connectivity index (χ3n) is 4.42. The number of phenolic OH excluding ortho intramolecular Hbond substituents is 1. The molecular weight excluding hydrogens is 432 g/mol. The Morgan fingerprint density at radius 3 is 2.32 bits per heavy atom. The number of aromatic hydroxyl groups is 1. The topological polar surface area (TPSA) is 32.6 Å². The molecule has 132 valence electrons. The molecule has 0 atom stereocenters. The zero-order valence-electron chi connectivity index (χ0n) is 14.8. The first-order chi connectivity index (χ1) is 11.9. The monoisotopic (exact) mass is 453 g/mol. The van der Waals surface area contributed by atoms with E-state index in [4.69, 9.17) is 17.0 Å². The number of aryl methyl sites for hydroxylation is 1. The fourth-order valence-corrected chi connectivity index (χ4v) is 2.80. The van der Waals surface area contributed by atoms with Gasteiger partial charge in [0.25, 0.3) is 0 Å². The van der Waals surface area contributed by atoms with Gasteiger partial charge in [0.15, 0.2) is 0 Å². The van der Waals surface area contributed by atoms with Gasteiger partial charge in [0, 0.05) is 22.8 Å². The van der Waals surface area contributed by atoms with Gasteiger partial charge in [-0.3, -0.25) is 4.99 Å². The van der Waals surface area contributed by atoms with Gasteiger partial charge in [-0.1, -0.05) is 50.2 Å². The third kappa shape index (κ3) is 5.68. The summed E-state index contributed by atoms with van der Waals surface area (Å²) in [6.07, 6.45) is 4.18. The molecule has 2 aromatic carbocycles. The van der Waals surface area contributed by atoms with E-state index in [0.717, 1.165) is 16.7 Å². The zero-order chi connectivity index (χ0) is 18.4. The first kappa shape index (κ1) is 20.7. The molecule has 0 unspecified atom stereocenters. The number of nitrogens with zero attached hydrogens (tertiary/aromatic N) is 1. The van der Waals surface area contributed by atoms with Gasteiger partial charge in [0.2, 0.25) is 0 Å². The van der Waals surface area contributed by atoms with Crippen molar-refractivity contribution in [3.8, 4) is 5.75 Å². The Kier molecular flexibility index (Phi) is 7.74. The molecule has 0 radical (unpaired) electrons. The van der Waals surface area contributed by atoms with E-state index in [1.807, 2.05) is 30.5 Å². The van der Waals surface area contributed by atoms with E-state index >= 15 is 0 Å². The summed E-state index contributed by atoms with van der Waals surface area (Å²) in [5.41, 5.74) is 3.87. The van der Waals surface area contributed by atoms with Gasteiger partial charge in [-0.15, -0.1) is 0 Å². The van der Waals surface area contributed by atoms with Crippen LogP contribution < -0.4 is 0 Å². The van der Waals surface area contributed by atoms with Crippen molar-refractivity contribution in [2.45, 2.75) is 45.1 Å². The molecule has 0 heterocycles. The number of aliphatic imine (C=N–C) groups is 1. The molecule has 3 rings (SSSR count). The van der Waals surface area contributed by atoms with Crippen LogP contribution in [0.4, 0.5) is 0 Å². The number of halogens is 2. The fraction of sp³-hybridized carbons (Fsp3) is 0.350. The van der Waals surface area contributed by atoms with Crippen molar-refractivity contribution in [1.29, 1.82) is 0 Å². The minimum atomic E-state index is -0.826. The van der Waals surface area contributed by atoms with Crippen molar-refractivity contribution in [2.24, 2.45) is 4.99 Å². The van der Waals surface area contributed by atoms with Gasteiger partial charge < -0.3 is 5.11 Å². The number of rotatable bonds is 4. The second-order valence-electron chi connectivity index (χ2n) is 6.82. The van der Waals surface area contributed by atoms with Crippen LogP contribution in [0.5, 0.6) is 5.75 Å². The molecule has 0 bridgehead atoms. The summed E-state index contributed by atoms with van der Waals surface area (Å²) in [5, 5.41) is 10.8. The molecule has 2 nitrogen and oxygen atoms in total. The average Bonchev–Trinajstić information content (AvgIpc) is 3.41. The molecule has 0 aliphatic heterocycles. The quantitative estimate of drug-likeness (QED) is 0.565. The first-order valence-corrected chi connectivity index (χ1v) is 14.6. The van der Waals surface area contributed by atoms with E-state index in [1.54, 1.807) is 0 Å². The van der Waals surface area contributed by atoms with Crippen LogP contribution in [-0.2, 0) is 26.3 Å². The summed E-state index contributed by atoms with van der Waals surface area (Å²) in [6.45, 7) is 6.37. The van der Waals surface area contributed by atoms with Crippen molar-refractivity contribution in [3.05, 3.63) is 64.7 Å². The Bertz CT molecular complexity index is 728. The fourth-order valence-electron chi connectivity index (χ4n) is 2.80. The minimum absolute atomic E-state index is 0.250. The molecule has 0 aromatic heterocycles. The summed E-state index contributed by atoms with van der Waals surface area (Å²) in [6, 6.07) is 14.9. The number of benzene rings is 2. The Morgan fingerprint density at radius 1 is 1.16 bits per heavy atom. The van der Waals surface area contributed by atoms with Crippen LogP contribution in [0.3, 0.4) is 0 Å². The summed E-state index contributed by atoms with van der Waals surface area (Å²) < 4.78 is 0. The van der Waals surface area contributed by atoms with Crippen molar-refractivity contribution in [1.82, 2.24) is 0 Å². The molecule has 1 fully saturated rings. The van der Waals surface area contributed by atoms with E-state index in [1.165, 1.54) is 18.4 Å². The first-order valence-electron chi connectivity index (χ1n) is 8.29. The molecule has 0 spiro atoms. The predicted octanol–water partition coefficient (Wildman–Crippen LogP) is 5.98. The average molecular weight is 456 g/mol. The van der Waals surface area contributed by atoms with Crippen LogP contribution in [0.25, 0.3) is 0 Å². The Hall–Kier alpha value is -0.627. The van der Waals surface area contributed by atoms with Crippen molar-refractivity contribution < 1.29 is 26.0 Å². The van der Waals surface area contributed by atoms with E-state index in [2.05, 4.69) is 44.0 Å². The Balaban J connectivity index is 0.000000701. The maximum absolute atomic E-state index is 10.8. The van der Waals surface area contributed by atoms with Gasteiger partial charge in [0.1, 0.15) is 5.75 Å². The van der Waals surface area contributed by atoms with Crippen LogP contribution >= 0.6 is 17.0 Å². The standard InChI is InChI=1S/C20H23NO.2ClH.Zr/c1-14-11-15(13-21-17-9-10-17)19(22)18(12-14)20(2,3)16-7-5-4-6-8-16;;;/h4-8,11-13,17,22H,9-10H2,1-3H3;2*1H;/q;;;+2/p-2. The molecule has 1 N–H and O–H groups in total. The number of hydrogen-bond acceptors (Lipinski definition) is 2. The summed E-state index contributed by atoms with van der Waals surface area (Å²) in [4.78, 5) is 4.52. The van der Waals surface area contributed by atoms with Gasteiger partial charge in [-0.2, -0.15) is 0 Å². The van der Waals surface area contributed by atoms with Crippen LogP contribution in [0, 0.1) is 6.92 Å². The normalized spacial score (nSPS) is 14.1. The van der Waals surface area contributed by atoms with Crippen LogP contribution in [0.2, 0.25) is 0 Å². The molecule has 1 saturated carbocycles. The molecule has 1 aliphatic carbocycles. The van der Waals surface area contributed by atoms with Crippen LogP contribution in [0.15, 0.2) is 47.5 Å². The van der Waals surface area contributed by atoms with E-state index in [0.29, 0.717) is 11.8 Å². The third-order valence-corrected chi connectivity index (χ3v) is 4.42. The van der Waals surface area contributed by atoms with E-state index < -0.39 is 20.8 Å². The van der Waals surface area contributed by atoms with Gasteiger partial charge in [-0.05, 0) is 37.0 Å². The molecule has 1 aliphatic rings. The SMILES string of the molecule is Cc1cc(C=NC2CC2)c(O)c(C(C)(C)c2ccccc2)c1.[Cl][Zr][Cl]. The van der Waals surface area contributed by atoms with Crippen LogP contribution in [-0.4, -0.2) is 17.4 Å². The van der Waals surface area contributed by atoms with E-state index in [-0.39, 0.29) is 5.41 Å².